The number of nitrogens with one attached hydrogen (secondary N) is 1. The highest BCUT2D eigenvalue weighted by atomic mass is 19.4. The van der Waals surface area contributed by atoms with Crippen LogP contribution in [0, 0.1) is 17.6 Å². The number of carbonyl (C=O) groups excluding carboxylic acids is 1. The Hall–Kier alpha value is -3.46. The number of amides is 1. The molecule has 2 unspecified atom stereocenters. The first-order valence-corrected chi connectivity index (χ1v) is 12.1. The van der Waals surface area contributed by atoms with Gasteiger partial charge in [-0.15, -0.1) is 0 Å². The molecule has 2 aliphatic heterocycles. The molecule has 2 atom stereocenters. The Bertz CT molecular complexity index is 1280. The molecule has 9 heteroatoms. The molecule has 1 saturated heterocycles. The monoisotopic (exact) mass is 515 g/mol. The minimum atomic E-state index is -4.48. The number of hydrogen-bond acceptors (Lipinski definition) is 3. The molecule has 3 aromatic rings. The van der Waals surface area contributed by atoms with Crippen molar-refractivity contribution in [1.82, 2.24) is 10.2 Å². The molecule has 1 amide bonds. The summed E-state index contributed by atoms with van der Waals surface area (Å²) >= 11 is 0. The number of halogens is 5. The van der Waals surface area contributed by atoms with Crippen LogP contribution in [0.25, 0.3) is 0 Å². The van der Waals surface area contributed by atoms with Crippen LogP contribution in [0.4, 0.5) is 27.6 Å². The Labute approximate surface area is 211 Å². The van der Waals surface area contributed by atoms with Gasteiger partial charge in [0.2, 0.25) is 5.91 Å². The lowest BCUT2D eigenvalue weighted by Crippen LogP contribution is -2.60. The zero-order valence-electron chi connectivity index (χ0n) is 19.9. The van der Waals surface area contributed by atoms with Crippen LogP contribution in [-0.2, 0) is 30.5 Å². The Morgan fingerprint density at radius 2 is 1.73 bits per heavy atom. The van der Waals surface area contributed by atoms with Gasteiger partial charge in [0, 0.05) is 44.0 Å². The SMILES string of the molecule is O=C(NCc1ccccc1F)C1Cc2cc(C(F)(F)F)ccc2N2CCN(Cc3ccc(F)cc3)CC12. The number of alkyl halides is 3. The van der Waals surface area contributed by atoms with Gasteiger partial charge >= 0.3 is 6.18 Å². The molecular weight excluding hydrogens is 489 g/mol. The van der Waals surface area contributed by atoms with E-state index in [1.165, 1.54) is 24.3 Å². The first kappa shape index (κ1) is 25.2. The van der Waals surface area contributed by atoms with Crippen LogP contribution < -0.4 is 10.2 Å². The number of nitrogens with zero attached hydrogens (tertiary/aromatic N) is 2. The Kier molecular flexibility index (Phi) is 6.90. The van der Waals surface area contributed by atoms with E-state index in [2.05, 4.69) is 10.2 Å². The third kappa shape index (κ3) is 5.46. The lowest BCUT2D eigenvalue weighted by Gasteiger charge is -2.49. The Morgan fingerprint density at radius 3 is 2.46 bits per heavy atom. The lowest BCUT2D eigenvalue weighted by molar-refractivity contribution is -0.137. The second kappa shape index (κ2) is 10.1. The average molecular weight is 516 g/mol. The van der Waals surface area contributed by atoms with E-state index in [9.17, 15) is 26.7 Å². The predicted molar refractivity (Wildman–Crippen MR) is 130 cm³/mol. The molecular formula is C28H26F5N3O. The molecule has 1 N–H and O–H groups in total. The van der Waals surface area contributed by atoms with Gasteiger partial charge in [-0.1, -0.05) is 30.3 Å². The lowest BCUT2D eigenvalue weighted by atomic mass is 9.82. The topological polar surface area (TPSA) is 35.6 Å². The first-order chi connectivity index (χ1) is 17.7. The highest BCUT2D eigenvalue weighted by molar-refractivity contribution is 5.82. The third-order valence-corrected chi connectivity index (χ3v) is 7.19. The zero-order chi connectivity index (χ0) is 26.2. The average Bonchev–Trinajstić information content (AvgIpc) is 2.88. The minimum absolute atomic E-state index is 0.0104. The summed E-state index contributed by atoms with van der Waals surface area (Å²) in [6.07, 6.45) is -4.34. The fourth-order valence-electron chi connectivity index (χ4n) is 5.31. The molecule has 4 nitrogen and oxygen atoms in total. The summed E-state index contributed by atoms with van der Waals surface area (Å²) in [7, 11) is 0. The number of benzene rings is 3. The van der Waals surface area contributed by atoms with Crippen LogP contribution in [0.15, 0.2) is 66.7 Å². The van der Waals surface area contributed by atoms with Gasteiger partial charge in [0.05, 0.1) is 17.5 Å². The molecule has 0 spiro atoms. The van der Waals surface area contributed by atoms with Crippen molar-refractivity contribution in [3.8, 4) is 0 Å². The van der Waals surface area contributed by atoms with Crippen molar-refractivity contribution in [1.29, 1.82) is 0 Å². The van der Waals surface area contributed by atoms with E-state index in [0.717, 1.165) is 17.7 Å². The number of carbonyl (C=O) groups is 1. The first-order valence-electron chi connectivity index (χ1n) is 12.1. The highest BCUT2D eigenvalue weighted by Gasteiger charge is 2.42. The fraction of sp³-hybridized carbons (Fsp3) is 0.321. The van der Waals surface area contributed by atoms with Gasteiger partial charge < -0.3 is 10.2 Å². The smallest absolute Gasteiger partial charge is 0.365 e. The zero-order valence-corrected chi connectivity index (χ0v) is 19.9. The van der Waals surface area contributed by atoms with Gasteiger partial charge in [0.15, 0.2) is 0 Å². The van der Waals surface area contributed by atoms with Crippen molar-refractivity contribution in [2.45, 2.75) is 31.7 Å². The Balaban J connectivity index is 1.40. The van der Waals surface area contributed by atoms with Crippen LogP contribution in [0.2, 0.25) is 0 Å². The summed E-state index contributed by atoms with van der Waals surface area (Å²) in [5.41, 5.74) is 1.71. The van der Waals surface area contributed by atoms with Gasteiger partial charge in [-0.2, -0.15) is 13.2 Å². The van der Waals surface area contributed by atoms with Crippen molar-refractivity contribution in [2.24, 2.45) is 5.92 Å². The van der Waals surface area contributed by atoms with Gasteiger partial charge in [0.1, 0.15) is 11.6 Å². The van der Waals surface area contributed by atoms with Crippen LogP contribution in [0.5, 0.6) is 0 Å². The predicted octanol–water partition coefficient (Wildman–Crippen LogP) is 5.16. The third-order valence-electron chi connectivity index (χ3n) is 7.19. The van der Waals surface area contributed by atoms with Crippen LogP contribution in [0.1, 0.15) is 22.3 Å². The molecule has 2 aliphatic rings. The molecule has 2 heterocycles. The largest absolute Gasteiger partial charge is 0.416 e. The van der Waals surface area contributed by atoms with E-state index >= 15 is 0 Å². The van der Waals surface area contributed by atoms with E-state index in [1.54, 1.807) is 30.3 Å². The molecule has 1 fully saturated rings. The van der Waals surface area contributed by atoms with Crippen molar-refractivity contribution in [3.05, 3.63) is 101 Å². The van der Waals surface area contributed by atoms with Gasteiger partial charge in [-0.25, -0.2) is 8.78 Å². The van der Waals surface area contributed by atoms with Crippen LogP contribution >= 0.6 is 0 Å². The standard InChI is InChI=1S/C28H26F5N3O/c29-22-8-5-18(6-9-22)16-35-11-12-36-25-10-7-21(28(31,32)33)13-20(25)14-23(26(36)17-35)27(37)34-15-19-3-1-2-4-24(19)30/h1-10,13,23,26H,11-12,14-17H2,(H,34,37). The number of rotatable bonds is 5. The van der Waals surface area contributed by atoms with Crippen LogP contribution in [-0.4, -0.2) is 36.5 Å². The molecule has 37 heavy (non-hydrogen) atoms. The quantitative estimate of drug-likeness (QED) is 0.477. The van der Waals surface area contributed by atoms with Crippen LogP contribution in [0.3, 0.4) is 0 Å². The summed E-state index contributed by atoms with van der Waals surface area (Å²) < 4.78 is 67.7. The van der Waals surface area contributed by atoms with Crippen molar-refractivity contribution >= 4 is 11.6 Å². The molecule has 0 aliphatic carbocycles. The molecule has 5 rings (SSSR count). The maximum absolute atomic E-state index is 14.1. The number of fused-ring (bicyclic) bond motifs is 3. The van der Waals surface area contributed by atoms with Gasteiger partial charge in [-0.3, -0.25) is 9.69 Å². The molecule has 0 saturated carbocycles. The Morgan fingerprint density at radius 1 is 0.973 bits per heavy atom. The van der Waals surface area contributed by atoms with E-state index in [4.69, 9.17) is 0 Å². The van der Waals surface area contributed by atoms with Gasteiger partial charge in [0.25, 0.3) is 0 Å². The van der Waals surface area contributed by atoms with Crippen molar-refractivity contribution < 1.29 is 26.7 Å². The van der Waals surface area contributed by atoms with Crippen molar-refractivity contribution in [3.63, 3.8) is 0 Å². The summed E-state index contributed by atoms with van der Waals surface area (Å²) in [5, 5.41) is 2.80. The van der Waals surface area contributed by atoms with Crippen molar-refractivity contribution in [2.75, 3.05) is 24.5 Å². The molecule has 0 radical (unpaired) electrons. The number of hydrogen-bond donors (Lipinski definition) is 1. The second-order valence-electron chi connectivity index (χ2n) is 9.58. The van der Waals surface area contributed by atoms with E-state index in [1.807, 2.05) is 4.90 Å². The molecule has 0 bridgehead atoms. The maximum atomic E-state index is 14.1. The number of anilines is 1. The van der Waals surface area contributed by atoms with Gasteiger partial charge in [-0.05, 0) is 53.9 Å². The highest BCUT2D eigenvalue weighted by Crippen LogP contribution is 2.40. The summed E-state index contributed by atoms with van der Waals surface area (Å²) in [4.78, 5) is 17.6. The van der Waals surface area contributed by atoms with E-state index in [-0.39, 0.29) is 30.7 Å². The normalized spacial score (nSPS) is 19.8. The minimum Gasteiger partial charge on any atom is -0.365 e. The number of piperazine rings is 1. The summed E-state index contributed by atoms with van der Waals surface area (Å²) in [6, 6.07) is 15.8. The summed E-state index contributed by atoms with van der Waals surface area (Å²) in [5.74, 6) is -1.71. The van der Waals surface area contributed by atoms with E-state index in [0.29, 0.717) is 43.0 Å². The molecule has 3 aromatic carbocycles. The molecule has 0 aromatic heterocycles. The fourth-order valence-corrected chi connectivity index (χ4v) is 5.31. The van der Waals surface area contributed by atoms with E-state index < -0.39 is 23.5 Å². The second-order valence-corrected chi connectivity index (χ2v) is 9.58. The summed E-state index contributed by atoms with van der Waals surface area (Å²) in [6.45, 7) is 2.23. The maximum Gasteiger partial charge on any atom is 0.416 e. The molecule has 194 valence electrons.